The number of nitrogens with zero attached hydrogens (tertiary/aromatic N) is 3. The van der Waals surface area contributed by atoms with Gasteiger partial charge < -0.3 is 25.3 Å². The number of rotatable bonds is 10. The van der Waals surface area contributed by atoms with E-state index in [1.54, 1.807) is 86.4 Å². The lowest BCUT2D eigenvalue weighted by atomic mass is 10.2. The van der Waals surface area contributed by atoms with Crippen LogP contribution in [0.25, 0.3) is 16.6 Å². The van der Waals surface area contributed by atoms with E-state index in [0.29, 0.717) is 33.8 Å². The Morgan fingerprint density at radius 2 is 1.72 bits per heavy atom. The van der Waals surface area contributed by atoms with E-state index in [2.05, 4.69) is 10.3 Å². The molecular weight excluding hydrogens is 652 g/mol. The van der Waals surface area contributed by atoms with Gasteiger partial charge in [-0.3, -0.25) is 24.0 Å². The first-order valence-corrected chi connectivity index (χ1v) is 14.1. The van der Waals surface area contributed by atoms with Crippen molar-refractivity contribution in [1.82, 2.24) is 14.3 Å². The van der Waals surface area contributed by atoms with Crippen LogP contribution in [0.4, 0.5) is 10.1 Å². The van der Waals surface area contributed by atoms with Crippen molar-refractivity contribution in [3.05, 3.63) is 106 Å². The first-order chi connectivity index (χ1) is 21.6. The molecule has 0 saturated carbocycles. The minimum absolute atomic E-state index is 0. The Bertz CT molecular complexity index is 1950. The number of methoxy groups -OCH3 is 1. The number of halogens is 3. The standard InChI is InChI=1S/C33H32FN5O6.2ClH/c1-19(44-33(42)20(2)35)18-38-21(3)30(32(41)39(38)23-8-6-5-7-9-23)31(40)37-22-10-13-29(26(34)16-22)45-28-14-15-36-27-17-24(43-4)11-12-25(27)28;;/h5-17,19-20H,18,35H2,1-4H3,(H,37,40);2*1H/t19-,20+;;/m1../s1. The third-order valence-corrected chi connectivity index (χ3v) is 7.06. The smallest absolute Gasteiger partial charge is 0.322 e. The van der Waals surface area contributed by atoms with Gasteiger partial charge in [0, 0.05) is 29.4 Å². The molecule has 0 spiro atoms. The van der Waals surface area contributed by atoms with Gasteiger partial charge in [0.25, 0.3) is 11.5 Å². The molecule has 0 aliphatic carbocycles. The van der Waals surface area contributed by atoms with Crippen molar-refractivity contribution in [3.8, 4) is 22.9 Å². The topological polar surface area (TPSA) is 140 Å². The average Bonchev–Trinajstić information content (AvgIpc) is 3.26. The largest absolute Gasteiger partial charge is 0.497 e. The first-order valence-electron chi connectivity index (χ1n) is 14.1. The normalized spacial score (nSPS) is 11.9. The highest BCUT2D eigenvalue weighted by Gasteiger charge is 2.26. The summed E-state index contributed by atoms with van der Waals surface area (Å²) >= 11 is 0. The SMILES string of the molecule is COc1ccc2c(Oc3ccc(NC(=O)c4c(C)n(C[C@@H](C)OC(=O)[C@H](C)N)n(-c5ccccc5)c4=O)cc3F)ccnc2c1.Cl.Cl. The number of para-hydroxylation sites is 1. The van der Waals surface area contributed by atoms with E-state index in [0.717, 1.165) is 6.07 Å². The lowest BCUT2D eigenvalue weighted by molar-refractivity contribution is -0.150. The Morgan fingerprint density at radius 3 is 2.38 bits per heavy atom. The molecule has 3 N–H and O–H groups in total. The van der Waals surface area contributed by atoms with Gasteiger partial charge in [-0.1, -0.05) is 18.2 Å². The second-order valence-electron chi connectivity index (χ2n) is 10.4. The molecule has 3 aromatic carbocycles. The van der Waals surface area contributed by atoms with Crippen molar-refractivity contribution in [2.24, 2.45) is 5.73 Å². The lowest BCUT2D eigenvalue weighted by Crippen LogP contribution is -2.34. The molecule has 1 amide bonds. The van der Waals surface area contributed by atoms with E-state index in [4.69, 9.17) is 19.9 Å². The maximum atomic E-state index is 15.2. The van der Waals surface area contributed by atoms with Crippen LogP contribution >= 0.6 is 24.8 Å². The second-order valence-corrected chi connectivity index (χ2v) is 10.4. The van der Waals surface area contributed by atoms with E-state index in [9.17, 15) is 14.4 Å². The van der Waals surface area contributed by atoms with E-state index >= 15 is 4.39 Å². The van der Waals surface area contributed by atoms with Gasteiger partial charge in [-0.25, -0.2) is 9.07 Å². The predicted molar refractivity (Wildman–Crippen MR) is 181 cm³/mol. The molecule has 2 heterocycles. The van der Waals surface area contributed by atoms with Gasteiger partial charge in [-0.05, 0) is 63.2 Å². The van der Waals surface area contributed by atoms with Crippen LogP contribution in [0.15, 0.2) is 83.8 Å². The number of pyridine rings is 1. The Kier molecular flexibility index (Phi) is 12.1. The van der Waals surface area contributed by atoms with Gasteiger partial charge in [-0.2, -0.15) is 0 Å². The molecule has 47 heavy (non-hydrogen) atoms. The highest BCUT2D eigenvalue weighted by Crippen LogP contribution is 2.33. The lowest BCUT2D eigenvalue weighted by Gasteiger charge is -2.19. The number of hydrogen-bond acceptors (Lipinski definition) is 8. The number of ether oxygens (including phenoxy) is 3. The Labute approximate surface area is 282 Å². The zero-order chi connectivity index (χ0) is 32.2. The fourth-order valence-corrected chi connectivity index (χ4v) is 4.83. The summed E-state index contributed by atoms with van der Waals surface area (Å²) < 4.78 is 34.6. The van der Waals surface area contributed by atoms with Crippen LogP contribution in [0.5, 0.6) is 17.2 Å². The summed E-state index contributed by atoms with van der Waals surface area (Å²) in [4.78, 5) is 43.5. The van der Waals surface area contributed by atoms with Crippen LogP contribution < -0.4 is 26.1 Å². The summed E-state index contributed by atoms with van der Waals surface area (Å²) in [5.41, 5.74) is 6.45. The minimum Gasteiger partial charge on any atom is -0.497 e. The highest BCUT2D eigenvalue weighted by atomic mass is 35.5. The van der Waals surface area contributed by atoms with E-state index in [1.165, 1.54) is 23.7 Å². The number of carbonyl (C=O) groups is 2. The molecule has 5 rings (SSSR count). The van der Waals surface area contributed by atoms with Gasteiger partial charge in [0.05, 0.1) is 30.6 Å². The third-order valence-electron chi connectivity index (χ3n) is 7.06. The molecule has 5 aromatic rings. The monoisotopic (exact) mass is 685 g/mol. The fraction of sp³-hybridized carbons (Fsp3) is 0.212. The summed E-state index contributed by atoms with van der Waals surface area (Å²) in [6.07, 6.45) is 0.880. The van der Waals surface area contributed by atoms with Crippen molar-refractivity contribution in [2.45, 2.75) is 39.5 Å². The molecule has 0 saturated heterocycles. The fourth-order valence-electron chi connectivity index (χ4n) is 4.83. The van der Waals surface area contributed by atoms with Crippen LogP contribution in [0.3, 0.4) is 0 Å². The Balaban J connectivity index is 0.00000300. The molecule has 0 bridgehead atoms. The number of fused-ring (bicyclic) bond motifs is 1. The van der Waals surface area contributed by atoms with Crippen LogP contribution in [0.1, 0.15) is 29.9 Å². The second kappa shape index (κ2) is 15.6. The van der Waals surface area contributed by atoms with Crippen molar-refractivity contribution >= 4 is 53.3 Å². The summed E-state index contributed by atoms with van der Waals surface area (Å²) in [6, 6.07) is 18.8. The molecule has 11 nitrogen and oxygen atoms in total. The van der Waals surface area contributed by atoms with Gasteiger partial charge in [0.15, 0.2) is 11.6 Å². The van der Waals surface area contributed by atoms with Crippen molar-refractivity contribution in [3.63, 3.8) is 0 Å². The highest BCUT2D eigenvalue weighted by molar-refractivity contribution is 6.05. The molecule has 0 unspecified atom stereocenters. The average molecular weight is 687 g/mol. The van der Waals surface area contributed by atoms with Gasteiger partial charge >= 0.3 is 5.97 Å². The van der Waals surface area contributed by atoms with Crippen LogP contribution in [-0.4, -0.2) is 45.5 Å². The van der Waals surface area contributed by atoms with Crippen LogP contribution in [0.2, 0.25) is 0 Å². The number of aromatic nitrogens is 3. The zero-order valence-electron chi connectivity index (χ0n) is 25.9. The van der Waals surface area contributed by atoms with Crippen molar-refractivity contribution < 1.29 is 28.2 Å². The predicted octanol–water partition coefficient (Wildman–Crippen LogP) is 5.81. The quantitative estimate of drug-likeness (QED) is 0.176. The third kappa shape index (κ3) is 7.91. The number of esters is 1. The number of hydrogen-bond donors (Lipinski definition) is 2. The first kappa shape index (κ1) is 36.6. The van der Waals surface area contributed by atoms with E-state index in [1.807, 2.05) is 0 Å². The summed E-state index contributed by atoms with van der Waals surface area (Å²) in [5.74, 6) is -1.11. The Hall–Kier alpha value is -4.91. The van der Waals surface area contributed by atoms with Crippen molar-refractivity contribution in [1.29, 1.82) is 0 Å². The summed E-state index contributed by atoms with van der Waals surface area (Å²) in [6.45, 7) is 4.86. The van der Waals surface area contributed by atoms with Crippen LogP contribution in [0, 0.1) is 12.7 Å². The number of amides is 1. The molecule has 0 radical (unpaired) electrons. The number of nitrogens with one attached hydrogen (secondary N) is 1. The van der Waals surface area contributed by atoms with Gasteiger partial charge in [0.2, 0.25) is 0 Å². The number of anilines is 1. The molecule has 0 fully saturated rings. The van der Waals surface area contributed by atoms with Gasteiger partial charge in [0.1, 0.15) is 29.2 Å². The zero-order valence-corrected chi connectivity index (χ0v) is 27.6. The number of nitrogens with two attached hydrogens (primary N) is 1. The summed E-state index contributed by atoms with van der Waals surface area (Å²) in [7, 11) is 1.55. The van der Waals surface area contributed by atoms with E-state index in [-0.39, 0.29) is 48.4 Å². The van der Waals surface area contributed by atoms with Gasteiger partial charge in [-0.15, -0.1) is 24.8 Å². The molecule has 2 aromatic heterocycles. The van der Waals surface area contributed by atoms with Crippen LogP contribution in [-0.2, 0) is 16.1 Å². The molecular formula is C33H34Cl2FN5O6. The Morgan fingerprint density at radius 1 is 1.00 bits per heavy atom. The van der Waals surface area contributed by atoms with E-state index < -0.39 is 35.4 Å². The molecule has 248 valence electrons. The molecule has 0 aliphatic heterocycles. The van der Waals surface area contributed by atoms with Crippen molar-refractivity contribution in [2.75, 3.05) is 12.4 Å². The number of benzene rings is 3. The maximum Gasteiger partial charge on any atom is 0.322 e. The molecule has 14 heteroatoms. The summed E-state index contributed by atoms with van der Waals surface area (Å²) in [5, 5.41) is 3.28. The molecule has 0 aliphatic rings. The minimum atomic E-state index is -0.818. The molecule has 2 atom stereocenters. The maximum absolute atomic E-state index is 15.2. The number of carbonyl (C=O) groups excluding carboxylic acids is 2.